The molecule has 0 N–H and O–H groups in total. The average molecular weight is 279 g/mol. The maximum absolute atomic E-state index is 11.2. The Balaban J connectivity index is 1.42. The van der Waals surface area contributed by atoms with Crippen molar-refractivity contribution < 1.29 is 23.5 Å². The SMILES string of the molecule is COC(=O)Cc1cc(C23CC(C4OCCO4)(C2)C3)no1. The van der Waals surface area contributed by atoms with E-state index in [2.05, 4.69) is 9.89 Å². The lowest BCUT2D eigenvalue weighted by atomic mass is 9.34. The second kappa shape index (κ2) is 4.05. The summed E-state index contributed by atoms with van der Waals surface area (Å²) in [5.74, 6) is 0.258. The summed E-state index contributed by atoms with van der Waals surface area (Å²) in [6, 6.07) is 1.89. The van der Waals surface area contributed by atoms with Crippen molar-refractivity contribution >= 4 is 5.97 Å². The summed E-state index contributed by atoms with van der Waals surface area (Å²) in [5.41, 5.74) is 1.27. The van der Waals surface area contributed by atoms with Gasteiger partial charge in [-0.1, -0.05) is 5.16 Å². The molecule has 0 radical (unpaired) electrons. The number of hydrogen-bond acceptors (Lipinski definition) is 6. The summed E-state index contributed by atoms with van der Waals surface area (Å²) in [5, 5.41) is 4.13. The lowest BCUT2D eigenvalue weighted by Crippen LogP contribution is -2.69. The van der Waals surface area contributed by atoms with E-state index in [1.807, 2.05) is 6.07 Å². The van der Waals surface area contributed by atoms with Gasteiger partial charge in [-0.05, 0) is 19.3 Å². The minimum atomic E-state index is -0.311. The van der Waals surface area contributed by atoms with E-state index < -0.39 is 0 Å². The van der Waals surface area contributed by atoms with Crippen molar-refractivity contribution in [3.05, 3.63) is 17.5 Å². The van der Waals surface area contributed by atoms with Gasteiger partial charge in [0.1, 0.15) is 12.2 Å². The fourth-order valence-corrected chi connectivity index (χ4v) is 3.96. The first-order valence-corrected chi connectivity index (χ1v) is 6.92. The molecule has 20 heavy (non-hydrogen) atoms. The standard InChI is InChI=1S/C14H17NO5/c1-17-11(16)5-9-4-10(15-20-9)13-6-14(7-13,8-13)12-18-2-3-19-12/h4,12H,2-3,5-8H2,1H3. The third kappa shape index (κ3) is 1.58. The lowest BCUT2D eigenvalue weighted by molar-refractivity contribution is -0.273. The predicted molar refractivity (Wildman–Crippen MR) is 65.9 cm³/mol. The fourth-order valence-electron chi connectivity index (χ4n) is 3.96. The number of aromatic nitrogens is 1. The number of esters is 1. The molecule has 3 aliphatic carbocycles. The van der Waals surface area contributed by atoms with Crippen LogP contribution < -0.4 is 0 Å². The van der Waals surface area contributed by atoms with Crippen LogP contribution in [0, 0.1) is 5.41 Å². The van der Waals surface area contributed by atoms with Gasteiger partial charge in [0.2, 0.25) is 0 Å². The van der Waals surface area contributed by atoms with E-state index in [1.54, 1.807) is 0 Å². The molecule has 0 atom stereocenters. The Morgan fingerprint density at radius 1 is 1.40 bits per heavy atom. The van der Waals surface area contributed by atoms with E-state index in [0.29, 0.717) is 19.0 Å². The molecule has 5 rings (SSSR count). The van der Waals surface area contributed by atoms with Gasteiger partial charge in [0.05, 0.1) is 26.0 Å². The van der Waals surface area contributed by atoms with Crippen LogP contribution in [-0.4, -0.2) is 37.7 Å². The number of carbonyl (C=O) groups excluding carboxylic acids is 1. The molecule has 1 aromatic rings. The Morgan fingerprint density at radius 3 is 2.75 bits per heavy atom. The van der Waals surface area contributed by atoms with Gasteiger partial charge in [-0.2, -0.15) is 0 Å². The van der Waals surface area contributed by atoms with Gasteiger partial charge in [0.15, 0.2) is 6.29 Å². The van der Waals surface area contributed by atoms with Crippen molar-refractivity contribution in [1.82, 2.24) is 5.16 Å². The molecule has 1 saturated heterocycles. The monoisotopic (exact) mass is 279 g/mol. The summed E-state index contributed by atoms with van der Waals surface area (Å²) in [4.78, 5) is 11.2. The third-order valence-electron chi connectivity index (χ3n) is 4.84. The molecule has 4 fully saturated rings. The molecule has 2 heterocycles. The molecule has 2 bridgehead atoms. The molecule has 1 aliphatic heterocycles. The van der Waals surface area contributed by atoms with Gasteiger partial charge in [0, 0.05) is 16.9 Å². The molecule has 6 nitrogen and oxygen atoms in total. The molecule has 1 aromatic heterocycles. The summed E-state index contributed by atoms with van der Waals surface area (Å²) < 4.78 is 21.1. The lowest BCUT2D eigenvalue weighted by Gasteiger charge is -2.70. The first kappa shape index (κ1) is 12.3. The number of nitrogens with zero attached hydrogens (tertiary/aromatic N) is 1. The van der Waals surface area contributed by atoms with Crippen molar-refractivity contribution in [3.8, 4) is 0 Å². The van der Waals surface area contributed by atoms with Gasteiger partial charge in [-0.25, -0.2) is 0 Å². The van der Waals surface area contributed by atoms with Gasteiger partial charge < -0.3 is 18.7 Å². The van der Waals surface area contributed by atoms with E-state index in [-0.39, 0.29) is 29.5 Å². The largest absolute Gasteiger partial charge is 0.469 e. The van der Waals surface area contributed by atoms with Crippen molar-refractivity contribution in [2.24, 2.45) is 5.41 Å². The van der Waals surface area contributed by atoms with Gasteiger partial charge >= 0.3 is 5.97 Å². The summed E-state index contributed by atoms with van der Waals surface area (Å²) in [6.45, 7) is 1.40. The zero-order chi connectivity index (χ0) is 13.8. The predicted octanol–water partition coefficient (Wildman–Crippen LogP) is 1.18. The van der Waals surface area contributed by atoms with E-state index >= 15 is 0 Å². The highest BCUT2D eigenvalue weighted by Gasteiger charge is 2.73. The van der Waals surface area contributed by atoms with Crippen LogP contribution >= 0.6 is 0 Å². The molecule has 0 aromatic carbocycles. The quantitative estimate of drug-likeness (QED) is 0.771. The van der Waals surface area contributed by atoms with E-state index in [4.69, 9.17) is 14.0 Å². The fraction of sp³-hybridized carbons (Fsp3) is 0.714. The van der Waals surface area contributed by atoms with Gasteiger partial charge in [-0.3, -0.25) is 4.79 Å². The van der Waals surface area contributed by atoms with Crippen LogP contribution in [0.1, 0.15) is 30.7 Å². The Kier molecular flexibility index (Phi) is 2.50. The number of methoxy groups -OCH3 is 1. The minimum Gasteiger partial charge on any atom is -0.469 e. The molecular weight excluding hydrogens is 262 g/mol. The normalized spacial score (nSPS) is 35.5. The summed E-state index contributed by atoms with van der Waals surface area (Å²) in [7, 11) is 1.37. The van der Waals surface area contributed by atoms with Crippen LogP contribution in [0.4, 0.5) is 0 Å². The molecule has 0 unspecified atom stereocenters. The third-order valence-corrected chi connectivity index (χ3v) is 4.84. The molecule has 108 valence electrons. The zero-order valence-electron chi connectivity index (χ0n) is 11.4. The molecule has 0 spiro atoms. The van der Waals surface area contributed by atoms with Crippen LogP contribution in [0.5, 0.6) is 0 Å². The maximum Gasteiger partial charge on any atom is 0.313 e. The second-order valence-corrected chi connectivity index (χ2v) is 6.18. The van der Waals surface area contributed by atoms with Crippen LogP contribution in [0.15, 0.2) is 10.6 Å². The Labute approximate surface area is 116 Å². The highest BCUT2D eigenvalue weighted by Crippen LogP contribution is 2.75. The zero-order valence-corrected chi connectivity index (χ0v) is 11.4. The molecule has 0 amide bonds. The Hall–Kier alpha value is -1.40. The van der Waals surface area contributed by atoms with Crippen LogP contribution in [0.25, 0.3) is 0 Å². The number of carbonyl (C=O) groups is 1. The number of ether oxygens (including phenoxy) is 3. The Morgan fingerprint density at radius 2 is 2.10 bits per heavy atom. The maximum atomic E-state index is 11.2. The average Bonchev–Trinajstić information content (AvgIpc) is 2.98. The minimum absolute atomic E-state index is 0.0363. The second-order valence-electron chi connectivity index (χ2n) is 6.18. The Bertz CT molecular complexity index is 526. The van der Waals surface area contributed by atoms with Crippen molar-refractivity contribution in [3.63, 3.8) is 0 Å². The van der Waals surface area contributed by atoms with Crippen molar-refractivity contribution in [1.29, 1.82) is 0 Å². The summed E-state index contributed by atoms with van der Waals surface area (Å²) >= 11 is 0. The number of rotatable bonds is 4. The molecular formula is C14H17NO5. The first-order valence-electron chi connectivity index (χ1n) is 6.92. The summed E-state index contributed by atoms with van der Waals surface area (Å²) in [6.07, 6.45) is 3.21. The van der Waals surface area contributed by atoms with Crippen LogP contribution in [-0.2, 0) is 30.8 Å². The van der Waals surface area contributed by atoms with E-state index in [9.17, 15) is 4.79 Å². The van der Waals surface area contributed by atoms with Crippen LogP contribution in [0.2, 0.25) is 0 Å². The van der Waals surface area contributed by atoms with Crippen molar-refractivity contribution in [2.45, 2.75) is 37.4 Å². The molecule has 4 aliphatic rings. The topological polar surface area (TPSA) is 70.8 Å². The van der Waals surface area contributed by atoms with E-state index in [1.165, 1.54) is 7.11 Å². The van der Waals surface area contributed by atoms with Crippen molar-refractivity contribution in [2.75, 3.05) is 20.3 Å². The smallest absolute Gasteiger partial charge is 0.313 e. The molecule has 3 saturated carbocycles. The van der Waals surface area contributed by atoms with E-state index in [0.717, 1.165) is 25.0 Å². The van der Waals surface area contributed by atoms with Crippen LogP contribution in [0.3, 0.4) is 0 Å². The molecule has 6 heteroatoms. The van der Waals surface area contributed by atoms with Gasteiger partial charge in [-0.15, -0.1) is 0 Å². The number of hydrogen-bond donors (Lipinski definition) is 0. The highest BCUT2D eigenvalue weighted by atomic mass is 16.7. The van der Waals surface area contributed by atoms with Gasteiger partial charge in [0.25, 0.3) is 0 Å². The highest BCUT2D eigenvalue weighted by molar-refractivity contribution is 5.71. The first-order chi connectivity index (χ1) is 9.66.